The predicted octanol–water partition coefficient (Wildman–Crippen LogP) is 3.69. The second-order valence-corrected chi connectivity index (χ2v) is 7.22. The maximum atomic E-state index is 13.1. The van der Waals surface area contributed by atoms with Gasteiger partial charge in [-0.15, -0.1) is 11.3 Å². The van der Waals surface area contributed by atoms with E-state index in [0.717, 1.165) is 11.3 Å². The molecule has 156 valence electrons. The van der Waals surface area contributed by atoms with Gasteiger partial charge in [0, 0.05) is 5.56 Å². The van der Waals surface area contributed by atoms with E-state index in [9.17, 15) is 18.8 Å². The molecule has 0 saturated heterocycles. The fourth-order valence-corrected chi connectivity index (χ4v) is 3.77. The third-order valence-electron chi connectivity index (χ3n) is 4.13. The summed E-state index contributed by atoms with van der Waals surface area (Å²) < 4.78 is 23.5. The minimum atomic E-state index is -0.946. The minimum absolute atomic E-state index is 0.0885. The van der Waals surface area contributed by atoms with Gasteiger partial charge in [0.25, 0.3) is 11.8 Å². The predicted molar refractivity (Wildman–Crippen MR) is 108 cm³/mol. The van der Waals surface area contributed by atoms with Gasteiger partial charge >= 0.3 is 5.97 Å². The molecule has 0 unspecified atom stereocenters. The van der Waals surface area contributed by atoms with Gasteiger partial charge in [-0.3, -0.25) is 14.9 Å². The average Bonchev–Trinajstić information content (AvgIpc) is 3.22. The van der Waals surface area contributed by atoms with Crippen LogP contribution in [-0.4, -0.2) is 29.4 Å². The maximum absolute atomic E-state index is 13.1. The Balaban J connectivity index is 1.93. The molecule has 0 radical (unpaired) electrons. The summed E-state index contributed by atoms with van der Waals surface area (Å²) in [6, 6.07) is 5.71. The van der Waals surface area contributed by atoms with E-state index in [1.54, 1.807) is 26.0 Å². The van der Waals surface area contributed by atoms with Crippen LogP contribution in [0.2, 0.25) is 0 Å². The van der Waals surface area contributed by atoms with Crippen molar-refractivity contribution in [3.05, 3.63) is 57.5 Å². The highest BCUT2D eigenvalue weighted by Crippen LogP contribution is 2.31. The topological polar surface area (TPSA) is 125 Å². The number of halogens is 1. The summed E-state index contributed by atoms with van der Waals surface area (Å²) in [5, 5.41) is 3.00. The van der Waals surface area contributed by atoms with Crippen molar-refractivity contribution < 1.29 is 27.9 Å². The van der Waals surface area contributed by atoms with E-state index >= 15 is 0 Å². The summed E-state index contributed by atoms with van der Waals surface area (Å²) in [5.74, 6) is -2.85. The van der Waals surface area contributed by atoms with E-state index in [2.05, 4.69) is 10.3 Å². The van der Waals surface area contributed by atoms with Crippen LogP contribution in [0.5, 0.6) is 0 Å². The summed E-state index contributed by atoms with van der Waals surface area (Å²) in [6.45, 7) is 4.81. The van der Waals surface area contributed by atoms with E-state index < -0.39 is 17.8 Å². The minimum Gasteiger partial charge on any atom is -0.462 e. The second-order valence-electron chi connectivity index (χ2n) is 6.22. The highest BCUT2D eigenvalue weighted by molar-refractivity contribution is 7.17. The Bertz CT molecular complexity index is 1130. The third-order valence-corrected chi connectivity index (χ3v) is 5.34. The van der Waals surface area contributed by atoms with Crippen molar-refractivity contribution in [2.75, 3.05) is 11.9 Å². The zero-order chi connectivity index (χ0) is 22.0. The van der Waals surface area contributed by atoms with Crippen LogP contribution >= 0.6 is 11.3 Å². The van der Waals surface area contributed by atoms with E-state index in [4.69, 9.17) is 14.9 Å². The van der Waals surface area contributed by atoms with Gasteiger partial charge in [-0.1, -0.05) is 0 Å². The molecule has 0 saturated carbocycles. The van der Waals surface area contributed by atoms with Crippen LogP contribution in [0.15, 0.2) is 28.7 Å². The number of hydrogen-bond donors (Lipinski definition) is 2. The van der Waals surface area contributed by atoms with Gasteiger partial charge in [-0.2, -0.15) is 0 Å². The molecule has 2 amide bonds. The quantitative estimate of drug-likeness (QED) is 0.574. The lowest BCUT2D eigenvalue weighted by atomic mass is 10.1. The van der Waals surface area contributed by atoms with Gasteiger partial charge in [-0.05, 0) is 45.0 Å². The third kappa shape index (κ3) is 4.08. The summed E-state index contributed by atoms with van der Waals surface area (Å²) in [6.07, 6.45) is 0. The van der Waals surface area contributed by atoms with E-state index in [-0.39, 0.29) is 40.1 Å². The number of rotatable bonds is 6. The number of carbonyl (C=O) groups is 3. The number of thiazole rings is 1. The number of benzene rings is 1. The first kappa shape index (κ1) is 21.2. The maximum Gasteiger partial charge on any atom is 0.342 e. The van der Waals surface area contributed by atoms with Gasteiger partial charge in [0.05, 0.1) is 12.3 Å². The summed E-state index contributed by atoms with van der Waals surface area (Å²) >= 11 is 1.09. The molecule has 3 aromatic rings. The van der Waals surface area contributed by atoms with Gasteiger partial charge < -0.3 is 14.9 Å². The van der Waals surface area contributed by atoms with Gasteiger partial charge in [0.15, 0.2) is 0 Å². The van der Waals surface area contributed by atoms with Crippen molar-refractivity contribution in [1.82, 2.24) is 4.98 Å². The van der Waals surface area contributed by atoms with E-state index in [1.165, 1.54) is 19.1 Å². The lowest BCUT2D eigenvalue weighted by molar-refractivity contribution is 0.0521. The molecule has 0 bridgehead atoms. The molecule has 0 aliphatic carbocycles. The first-order chi connectivity index (χ1) is 14.2. The fourth-order valence-electron chi connectivity index (χ4n) is 2.80. The second kappa shape index (κ2) is 8.46. The van der Waals surface area contributed by atoms with Crippen molar-refractivity contribution in [2.24, 2.45) is 5.73 Å². The summed E-state index contributed by atoms with van der Waals surface area (Å²) in [4.78, 5) is 41.5. The molecule has 2 heterocycles. The number of nitrogens with two attached hydrogens (primary N) is 1. The Hall–Kier alpha value is -3.53. The fraction of sp³-hybridized carbons (Fsp3) is 0.200. The van der Waals surface area contributed by atoms with Crippen LogP contribution in [0.25, 0.3) is 10.6 Å². The smallest absolute Gasteiger partial charge is 0.342 e. The number of primary amides is 1. The monoisotopic (exact) mass is 431 g/mol. The molecule has 0 atom stereocenters. The number of aromatic nitrogens is 1. The van der Waals surface area contributed by atoms with Crippen LogP contribution in [0.1, 0.15) is 48.8 Å². The van der Waals surface area contributed by atoms with Crippen molar-refractivity contribution in [2.45, 2.75) is 20.8 Å². The molecular weight excluding hydrogens is 413 g/mol. The van der Waals surface area contributed by atoms with Crippen molar-refractivity contribution in [3.63, 3.8) is 0 Å². The SMILES string of the molecule is CCOC(=O)c1c(C)oc(NC(=O)c2sc(-c3ccc(F)cc3)nc2C)c1C(N)=O. The lowest BCUT2D eigenvalue weighted by Gasteiger charge is -2.04. The number of carbonyl (C=O) groups excluding carboxylic acids is 3. The number of nitrogens with zero attached hydrogens (tertiary/aromatic N) is 1. The van der Waals surface area contributed by atoms with Crippen LogP contribution in [0.4, 0.5) is 10.3 Å². The summed E-state index contributed by atoms with van der Waals surface area (Å²) in [5.41, 5.74) is 6.09. The van der Waals surface area contributed by atoms with Gasteiger partial charge in [0.2, 0.25) is 5.88 Å². The molecule has 2 aromatic heterocycles. The Kier molecular flexibility index (Phi) is 5.97. The normalized spacial score (nSPS) is 10.7. The first-order valence-corrected chi connectivity index (χ1v) is 9.69. The number of ether oxygens (including phenoxy) is 1. The molecule has 8 nitrogen and oxygen atoms in total. The molecule has 0 fully saturated rings. The molecule has 0 spiro atoms. The number of amides is 2. The summed E-state index contributed by atoms with van der Waals surface area (Å²) in [7, 11) is 0. The molecule has 3 rings (SSSR count). The van der Waals surface area contributed by atoms with Crippen LogP contribution in [0.3, 0.4) is 0 Å². The van der Waals surface area contributed by atoms with Crippen molar-refractivity contribution in [3.8, 4) is 10.6 Å². The number of esters is 1. The number of furan rings is 1. The van der Waals surface area contributed by atoms with Crippen LogP contribution < -0.4 is 11.1 Å². The number of aryl methyl sites for hydroxylation is 2. The zero-order valence-electron chi connectivity index (χ0n) is 16.4. The number of hydrogen-bond acceptors (Lipinski definition) is 7. The Labute approximate surface area is 174 Å². The molecule has 30 heavy (non-hydrogen) atoms. The van der Waals surface area contributed by atoms with Gasteiger partial charge in [0.1, 0.15) is 32.6 Å². The number of nitrogens with one attached hydrogen (secondary N) is 1. The van der Waals surface area contributed by atoms with E-state index in [0.29, 0.717) is 16.3 Å². The number of anilines is 1. The average molecular weight is 431 g/mol. The molecular formula is C20H18FN3O5S. The van der Waals surface area contributed by atoms with Crippen LogP contribution in [-0.2, 0) is 4.74 Å². The highest BCUT2D eigenvalue weighted by atomic mass is 32.1. The Morgan fingerprint density at radius 2 is 1.87 bits per heavy atom. The van der Waals surface area contributed by atoms with Crippen molar-refractivity contribution in [1.29, 1.82) is 0 Å². The Morgan fingerprint density at radius 1 is 1.20 bits per heavy atom. The molecule has 0 aliphatic heterocycles. The highest BCUT2D eigenvalue weighted by Gasteiger charge is 2.30. The van der Waals surface area contributed by atoms with Crippen molar-refractivity contribution >= 4 is 35.0 Å². The molecule has 1 aromatic carbocycles. The standard InChI is InChI=1S/C20H18FN3O5S/c1-4-28-20(27)13-10(3)29-18(14(13)16(22)25)24-17(26)15-9(2)23-19(30-15)11-5-7-12(21)8-6-11/h5-8H,4H2,1-3H3,(H2,22,25)(H,24,26). The molecule has 10 heteroatoms. The van der Waals surface area contributed by atoms with Crippen LogP contribution in [0, 0.1) is 19.7 Å². The Morgan fingerprint density at radius 3 is 2.47 bits per heavy atom. The first-order valence-electron chi connectivity index (χ1n) is 8.88. The van der Waals surface area contributed by atoms with E-state index in [1.807, 2.05) is 0 Å². The largest absolute Gasteiger partial charge is 0.462 e. The molecule has 0 aliphatic rings. The molecule has 3 N–H and O–H groups in total. The lowest BCUT2D eigenvalue weighted by Crippen LogP contribution is -2.20. The zero-order valence-corrected chi connectivity index (χ0v) is 17.2. The van der Waals surface area contributed by atoms with Gasteiger partial charge in [-0.25, -0.2) is 14.2 Å².